The van der Waals surface area contributed by atoms with Crippen LogP contribution in [0, 0.1) is 13.8 Å². The van der Waals surface area contributed by atoms with Crippen LogP contribution in [0.5, 0.6) is 0 Å². The molecular weight excluding hydrogens is 266 g/mol. The van der Waals surface area contributed by atoms with Gasteiger partial charge in [0.2, 0.25) is 0 Å². The number of aromatic nitrogens is 4. The highest BCUT2D eigenvalue weighted by Gasteiger charge is 2.19. The second kappa shape index (κ2) is 5.05. The molecule has 0 unspecified atom stereocenters. The van der Waals surface area contributed by atoms with Gasteiger partial charge >= 0.3 is 0 Å². The van der Waals surface area contributed by atoms with Gasteiger partial charge in [-0.3, -0.25) is 14.2 Å². The van der Waals surface area contributed by atoms with Crippen molar-refractivity contribution in [2.24, 2.45) is 7.05 Å². The summed E-state index contributed by atoms with van der Waals surface area (Å²) >= 11 is 6.00. The van der Waals surface area contributed by atoms with Crippen LogP contribution < -0.4 is 5.32 Å². The van der Waals surface area contributed by atoms with Crippen LogP contribution in [0.1, 0.15) is 28.8 Å². The zero-order chi connectivity index (χ0) is 14.2. The van der Waals surface area contributed by atoms with Crippen molar-refractivity contribution >= 4 is 23.2 Å². The molecule has 6 nitrogen and oxygen atoms in total. The Morgan fingerprint density at radius 1 is 1.47 bits per heavy atom. The smallest absolute Gasteiger partial charge is 0.275 e. The monoisotopic (exact) mass is 281 g/mol. The normalized spacial score (nSPS) is 10.8. The number of aryl methyl sites for hydroxylation is 3. The average Bonchev–Trinajstić information content (AvgIpc) is 2.85. The number of hydrogen-bond acceptors (Lipinski definition) is 3. The lowest BCUT2D eigenvalue weighted by molar-refractivity contribution is 0.101. The predicted molar refractivity (Wildman–Crippen MR) is 73.5 cm³/mol. The van der Waals surface area contributed by atoms with Crippen LogP contribution in [-0.4, -0.2) is 25.5 Å². The molecule has 0 spiro atoms. The Morgan fingerprint density at radius 2 is 2.16 bits per heavy atom. The van der Waals surface area contributed by atoms with E-state index < -0.39 is 0 Å². The van der Waals surface area contributed by atoms with E-state index in [1.807, 2.05) is 27.8 Å². The predicted octanol–water partition coefficient (Wildman–Crippen LogP) is 2.16. The molecule has 2 aromatic heterocycles. The van der Waals surface area contributed by atoms with Crippen molar-refractivity contribution in [3.63, 3.8) is 0 Å². The van der Waals surface area contributed by atoms with Gasteiger partial charge < -0.3 is 5.32 Å². The molecule has 0 aromatic carbocycles. The Morgan fingerprint density at radius 3 is 2.68 bits per heavy atom. The first-order chi connectivity index (χ1) is 8.95. The van der Waals surface area contributed by atoms with Gasteiger partial charge in [0.25, 0.3) is 5.91 Å². The van der Waals surface area contributed by atoms with E-state index in [-0.39, 0.29) is 5.91 Å². The summed E-state index contributed by atoms with van der Waals surface area (Å²) in [6.45, 7) is 6.23. The van der Waals surface area contributed by atoms with E-state index in [9.17, 15) is 4.79 Å². The van der Waals surface area contributed by atoms with Crippen molar-refractivity contribution in [2.45, 2.75) is 27.3 Å². The highest BCUT2D eigenvalue weighted by atomic mass is 35.5. The van der Waals surface area contributed by atoms with Gasteiger partial charge in [0.15, 0.2) is 0 Å². The van der Waals surface area contributed by atoms with Crippen molar-refractivity contribution < 1.29 is 4.79 Å². The fourth-order valence-electron chi connectivity index (χ4n) is 1.96. The topological polar surface area (TPSA) is 64.7 Å². The molecule has 102 valence electrons. The standard InChI is InChI=1S/C12H16ClN5O/c1-5-18-11(9(13)6-14-18)12(19)15-10-7(2)16-17(4)8(10)3/h6H,5H2,1-4H3,(H,15,19). The van der Waals surface area contributed by atoms with Gasteiger partial charge in [0, 0.05) is 13.6 Å². The number of amides is 1. The summed E-state index contributed by atoms with van der Waals surface area (Å²) in [7, 11) is 1.83. The third-order valence-electron chi connectivity index (χ3n) is 3.06. The van der Waals surface area contributed by atoms with Crippen molar-refractivity contribution in [1.82, 2.24) is 19.6 Å². The second-order valence-corrected chi connectivity index (χ2v) is 4.69. The molecule has 1 N–H and O–H groups in total. The van der Waals surface area contributed by atoms with Crippen LogP contribution in [0.2, 0.25) is 5.02 Å². The molecule has 0 saturated heterocycles. The Bertz CT molecular complexity index is 628. The molecule has 7 heteroatoms. The lowest BCUT2D eigenvalue weighted by atomic mass is 10.3. The van der Waals surface area contributed by atoms with Crippen molar-refractivity contribution in [2.75, 3.05) is 5.32 Å². The molecule has 2 rings (SSSR count). The Balaban J connectivity index is 2.33. The minimum Gasteiger partial charge on any atom is -0.317 e. The maximum absolute atomic E-state index is 12.3. The lowest BCUT2D eigenvalue weighted by Gasteiger charge is -2.07. The molecule has 19 heavy (non-hydrogen) atoms. The van der Waals surface area contributed by atoms with E-state index in [4.69, 9.17) is 11.6 Å². The van der Waals surface area contributed by atoms with Crippen LogP contribution in [0.25, 0.3) is 0 Å². The highest BCUT2D eigenvalue weighted by molar-refractivity contribution is 6.34. The summed E-state index contributed by atoms with van der Waals surface area (Å²) in [5.74, 6) is -0.274. The molecule has 0 aliphatic carbocycles. The second-order valence-electron chi connectivity index (χ2n) is 4.28. The van der Waals surface area contributed by atoms with Gasteiger partial charge in [-0.25, -0.2) is 0 Å². The molecule has 0 aliphatic rings. The van der Waals surface area contributed by atoms with Crippen LogP contribution >= 0.6 is 11.6 Å². The van der Waals surface area contributed by atoms with E-state index in [1.165, 1.54) is 6.20 Å². The fourth-order valence-corrected chi connectivity index (χ4v) is 2.18. The first kappa shape index (κ1) is 13.6. The van der Waals surface area contributed by atoms with Gasteiger partial charge in [-0.1, -0.05) is 11.6 Å². The maximum Gasteiger partial charge on any atom is 0.275 e. The fraction of sp³-hybridized carbons (Fsp3) is 0.417. The number of halogens is 1. The molecule has 0 radical (unpaired) electrons. The first-order valence-electron chi connectivity index (χ1n) is 5.98. The number of carbonyl (C=O) groups is 1. The number of anilines is 1. The van der Waals surface area contributed by atoms with Crippen molar-refractivity contribution in [3.05, 3.63) is 28.3 Å². The molecular formula is C12H16ClN5O. The molecule has 2 heterocycles. The lowest BCUT2D eigenvalue weighted by Crippen LogP contribution is -2.18. The van der Waals surface area contributed by atoms with E-state index in [0.717, 1.165) is 11.4 Å². The molecule has 1 amide bonds. The van der Waals surface area contributed by atoms with Gasteiger partial charge in [0.1, 0.15) is 5.69 Å². The molecule has 2 aromatic rings. The van der Waals surface area contributed by atoms with Gasteiger partial charge in [-0.15, -0.1) is 0 Å². The van der Waals surface area contributed by atoms with Gasteiger partial charge in [-0.2, -0.15) is 10.2 Å². The maximum atomic E-state index is 12.3. The Hall–Kier alpha value is -1.82. The summed E-state index contributed by atoms with van der Waals surface area (Å²) in [5, 5.41) is 11.5. The number of nitrogens with one attached hydrogen (secondary N) is 1. The molecule has 0 atom stereocenters. The molecule has 0 saturated carbocycles. The van der Waals surface area contributed by atoms with E-state index in [2.05, 4.69) is 15.5 Å². The minimum absolute atomic E-state index is 0.274. The first-order valence-corrected chi connectivity index (χ1v) is 6.36. The summed E-state index contributed by atoms with van der Waals surface area (Å²) in [4.78, 5) is 12.3. The summed E-state index contributed by atoms with van der Waals surface area (Å²) in [5.41, 5.74) is 2.75. The van der Waals surface area contributed by atoms with Crippen LogP contribution in [0.3, 0.4) is 0 Å². The Labute approximate surface area is 116 Å². The number of nitrogens with zero attached hydrogens (tertiary/aromatic N) is 4. The largest absolute Gasteiger partial charge is 0.317 e. The molecule has 0 fully saturated rings. The SMILES string of the molecule is CCn1ncc(Cl)c1C(=O)Nc1c(C)nn(C)c1C. The quantitative estimate of drug-likeness (QED) is 0.938. The zero-order valence-electron chi connectivity index (χ0n) is 11.4. The van der Waals surface area contributed by atoms with Gasteiger partial charge in [-0.05, 0) is 20.8 Å². The summed E-state index contributed by atoms with van der Waals surface area (Å²) < 4.78 is 3.29. The molecule has 0 aliphatic heterocycles. The van der Waals surface area contributed by atoms with Crippen LogP contribution in [0.4, 0.5) is 5.69 Å². The van der Waals surface area contributed by atoms with Gasteiger partial charge in [0.05, 0.1) is 28.3 Å². The number of rotatable bonds is 3. The third-order valence-corrected chi connectivity index (χ3v) is 3.33. The number of carbonyl (C=O) groups excluding carboxylic acids is 1. The van der Waals surface area contributed by atoms with E-state index in [1.54, 1.807) is 9.36 Å². The highest BCUT2D eigenvalue weighted by Crippen LogP contribution is 2.21. The van der Waals surface area contributed by atoms with E-state index >= 15 is 0 Å². The van der Waals surface area contributed by atoms with Crippen LogP contribution in [-0.2, 0) is 13.6 Å². The number of hydrogen-bond donors (Lipinski definition) is 1. The summed E-state index contributed by atoms with van der Waals surface area (Å²) in [6.07, 6.45) is 1.48. The molecule has 0 bridgehead atoms. The van der Waals surface area contributed by atoms with Crippen molar-refractivity contribution in [1.29, 1.82) is 0 Å². The summed E-state index contributed by atoms with van der Waals surface area (Å²) in [6, 6.07) is 0. The van der Waals surface area contributed by atoms with Crippen LogP contribution in [0.15, 0.2) is 6.20 Å². The third kappa shape index (κ3) is 2.35. The van der Waals surface area contributed by atoms with E-state index in [0.29, 0.717) is 22.9 Å². The van der Waals surface area contributed by atoms with Crippen molar-refractivity contribution in [3.8, 4) is 0 Å². The Kier molecular flexibility index (Phi) is 3.61. The zero-order valence-corrected chi connectivity index (χ0v) is 12.1. The average molecular weight is 282 g/mol. The minimum atomic E-state index is -0.274.